The minimum atomic E-state index is -1.30. The first-order chi connectivity index (χ1) is 23.3. The number of carbonyl (C=O) groups is 5. The van der Waals surface area contributed by atoms with Gasteiger partial charge in [-0.05, 0) is 18.2 Å². The molecule has 0 saturated heterocycles. The lowest BCUT2D eigenvalue weighted by atomic mass is 10.1. The number of amides is 3. The van der Waals surface area contributed by atoms with Crippen molar-refractivity contribution < 1.29 is 72.1 Å². The first-order valence-electron chi connectivity index (χ1n) is 15.3. The summed E-state index contributed by atoms with van der Waals surface area (Å²) in [5, 5.41) is 20.7. The highest BCUT2D eigenvalue weighted by Crippen LogP contribution is 2.16. The van der Waals surface area contributed by atoms with Crippen LogP contribution < -0.4 is 5.32 Å². The molecule has 17 heteroatoms. The van der Waals surface area contributed by atoms with E-state index in [1.807, 2.05) is 0 Å². The SMILES string of the molecule is O=C(CCOCCOCCOCCOCCOCCOCCOCCOCCN1C(=O)C=CC1=O)Nc1cc(C(=O)O)cc(C(=O)O)c1. The van der Waals surface area contributed by atoms with Gasteiger partial charge in [-0.3, -0.25) is 19.3 Å². The van der Waals surface area contributed by atoms with Crippen molar-refractivity contribution in [1.29, 1.82) is 0 Å². The van der Waals surface area contributed by atoms with E-state index in [0.29, 0.717) is 85.9 Å². The molecule has 0 fully saturated rings. The molecule has 1 aliphatic rings. The third kappa shape index (κ3) is 18.5. The summed E-state index contributed by atoms with van der Waals surface area (Å²) in [5.74, 6) is -3.71. The smallest absolute Gasteiger partial charge is 0.335 e. The van der Waals surface area contributed by atoms with Gasteiger partial charge in [-0.2, -0.15) is 0 Å². The Balaban J connectivity index is 1.26. The lowest BCUT2D eigenvalue weighted by Gasteiger charge is -2.13. The van der Waals surface area contributed by atoms with Crippen LogP contribution in [0.25, 0.3) is 0 Å². The van der Waals surface area contributed by atoms with E-state index in [2.05, 4.69) is 5.32 Å². The number of ether oxygens (including phenoxy) is 8. The van der Waals surface area contributed by atoms with Gasteiger partial charge in [0, 0.05) is 17.8 Å². The number of hydrogen-bond donors (Lipinski definition) is 3. The standard InChI is InChI=1S/C31H44N2O15/c34-27(32-26-22-24(30(37)38)21-25(23-26)31(39)40)3-5-41-7-9-43-11-13-45-15-17-47-19-20-48-18-16-46-14-12-44-10-8-42-6-4-33-28(35)1-2-29(33)36/h1-2,21-23H,3-20H2,(H,32,34)(H,37,38)(H,39,40). The zero-order valence-corrected chi connectivity index (χ0v) is 26.8. The highest BCUT2D eigenvalue weighted by molar-refractivity contribution is 6.12. The Morgan fingerprint density at radius 3 is 1.21 bits per heavy atom. The van der Waals surface area contributed by atoms with Gasteiger partial charge >= 0.3 is 11.9 Å². The molecule has 0 unspecified atom stereocenters. The molecule has 0 spiro atoms. The van der Waals surface area contributed by atoms with Gasteiger partial charge in [0.1, 0.15) is 0 Å². The Labute approximate surface area is 277 Å². The number of carboxylic acids is 2. The Bertz CT molecular complexity index is 1130. The second-order valence-electron chi connectivity index (χ2n) is 9.77. The van der Waals surface area contributed by atoms with E-state index in [4.69, 9.17) is 48.1 Å². The molecule has 48 heavy (non-hydrogen) atoms. The molecule has 1 aliphatic heterocycles. The second-order valence-corrected chi connectivity index (χ2v) is 9.77. The van der Waals surface area contributed by atoms with Gasteiger partial charge in [0.15, 0.2) is 0 Å². The fraction of sp³-hybridized carbons (Fsp3) is 0.581. The molecule has 0 aliphatic carbocycles. The van der Waals surface area contributed by atoms with Crippen molar-refractivity contribution >= 4 is 35.3 Å². The van der Waals surface area contributed by atoms with E-state index < -0.39 is 17.8 Å². The van der Waals surface area contributed by atoms with Gasteiger partial charge in [-0.1, -0.05) is 0 Å². The Kier molecular flexibility index (Phi) is 21.2. The summed E-state index contributed by atoms with van der Waals surface area (Å²) in [6.45, 7) is 5.98. The number of carboxylic acid groups (broad SMARTS) is 2. The molecule has 1 aromatic carbocycles. The number of carbonyl (C=O) groups excluding carboxylic acids is 3. The molecule has 0 aromatic heterocycles. The number of rotatable bonds is 30. The van der Waals surface area contributed by atoms with Crippen LogP contribution in [-0.2, 0) is 52.3 Å². The molecule has 0 radical (unpaired) electrons. The number of anilines is 1. The van der Waals surface area contributed by atoms with Gasteiger partial charge in [-0.25, -0.2) is 9.59 Å². The van der Waals surface area contributed by atoms with Gasteiger partial charge in [0.05, 0.1) is 130 Å². The number of imide groups is 1. The first kappa shape index (κ1) is 40.4. The van der Waals surface area contributed by atoms with Crippen molar-refractivity contribution in [2.45, 2.75) is 6.42 Å². The summed E-state index contributed by atoms with van der Waals surface area (Å²) in [4.78, 5) is 58.3. The van der Waals surface area contributed by atoms with Gasteiger partial charge < -0.3 is 53.4 Å². The Hall–Kier alpha value is -3.81. The summed E-state index contributed by atoms with van der Waals surface area (Å²) in [5.41, 5.74) is -0.418. The number of benzene rings is 1. The molecule has 1 heterocycles. The van der Waals surface area contributed by atoms with Crippen LogP contribution in [0.15, 0.2) is 30.4 Å². The van der Waals surface area contributed by atoms with Crippen LogP contribution in [0.1, 0.15) is 27.1 Å². The molecule has 268 valence electrons. The normalized spacial score (nSPS) is 12.6. The lowest BCUT2D eigenvalue weighted by Crippen LogP contribution is -2.33. The summed E-state index contributed by atoms with van der Waals surface area (Å²) in [6, 6.07) is 3.37. The quantitative estimate of drug-likeness (QED) is 0.0742. The maximum atomic E-state index is 12.1. The van der Waals surface area contributed by atoms with Crippen LogP contribution in [0.3, 0.4) is 0 Å². The van der Waals surface area contributed by atoms with E-state index in [1.54, 1.807) is 0 Å². The van der Waals surface area contributed by atoms with E-state index in [0.717, 1.165) is 11.0 Å². The predicted octanol–water partition coefficient (Wildman–Crippen LogP) is 0.469. The van der Waals surface area contributed by atoms with Gasteiger partial charge in [-0.15, -0.1) is 0 Å². The second kappa shape index (κ2) is 25.2. The fourth-order valence-corrected chi connectivity index (χ4v) is 3.78. The van der Waals surface area contributed by atoms with Crippen LogP contribution in [0.5, 0.6) is 0 Å². The molecule has 0 bridgehead atoms. The molecule has 3 amide bonds. The summed E-state index contributed by atoms with van der Waals surface area (Å²) in [7, 11) is 0. The number of nitrogens with one attached hydrogen (secondary N) is 1. The lowest BCUT2D eigenvalue weighted by molar-refractivity contribution is -0.137. The summed E-state index contributed by atoms with van der Waals surface area (Å²) in [6.07, 6.45) is 2.47. The predicted molar refractivity (Wildman–Crippen MR) is 166 cm³/mol. The van der Waals surface area contributed by atoms with E-state index in [9.17, 15) is 24.0 Å². The van der Waals surface area contributed by atoms with Crippen molar-refractivity contribution in [3.05, 3.63) is 41.5 Å². The van der Waals surface area contributed by atoms with Crippen LogP contribution in [0.2, 0.25) is 0 Å². The van der Waals surface area contributed by atoms with Crippen molar-refractivity contribution in [2.75, 3.05) is 118 Å². The van der Waals surface area contributed by atoms with Gasteiger partial charge in [0.2, 0.25) is 5.91 Å². The zero-order valence-electron chi connectivity index (χ0n) is 26.8. The first-order valence-corrected chi connectivity index (χ1v) is 15.3. The van der Waals surface area contributed by atoms with Crippen molar-refractivity contribution in [2.24, 2.45) is 0 Å². The molecule has 0 saturated carbocycles. The fourth-order valence-electron chi connectivity index (χ4n) is 3.78. The molecule has 2 rings (SSSR count). The highest BCUT2D eigenvalue weighted by Gasteiger charge is 2.22. The Morgan fingerprint density at radius 1 is 0.521 bits per heavy atom. The average Bonchev–Trinajstić information content (AvgIpc) is 3.38. The van der Waals surface area contributed by atoms with Crippen LogP contribution in [0.4, 0.5) is 5.69 Å². The summed E-state index contributed by atoms with van der Waals surface area (Å²) < 4.78 is 43.2. The molecule has 1 aromatic rings. The van der Waals surface area contributed by atoms with Crippen LogP contribution in [-0.4, -0.2) is 157 Å². The van der Waals surface area contributed by atoms with Crippen molar-refractivity contribution in [3.63, 3.8) is 0 Å². The highest BCUT2D eigenvalue weighted by atomic mass is 16.6. The third-order valence-corrected chi connectivity index (χ3v) is 6.15. The van der Waals surface area contributed by atoms with E-state index >= 15 is 0 Å². The number of aromatic carboxylic acids is 2. The minimum absolute atomic E-state index is 0.00788. The van der Waals surface area contributed by atoms with Gasteiger partial charge in [0.25, 0.3) is 11.8 Å². The molecule has 3 N–H and O–H groups in total. The zero-order chi connectivity index (χ0) is 34.8. The molecular weight excluding hydrogens is 640 g/mol. The minimum Gasteiger partial charge on any atom is -0.478 e. The number of hydrogen-bond acceptors (Lipinski definition) is 13. The Morgan fingerprint density at radius 2 is 0.854 bits per heavy atom. The maximum absolute atomic E-state index is 12.1. The number of nitrogens with zero attached hydrogens (tertiary/aromatic N) is 1. The van der Waals surface area contributed by atoms with Crippen molar-refractivity contribution in [3.8, 4) is 0 Å². The average molecular weight is 685 g/mol. The molecule has 17 nitrogen and oxygen atoms in total. The van der Waals surface area contributed by atoms with E-state index in [-0.39, 0.29) is 61.4 Å². The maximum Gasteiger partial charge on any atom is 0.335 e. The molecular formula is C31H44N2O15. The van der Waals surface area contributed by atoms with E-state index in [1.165, 1.54) is 24.3 Å². The largest absolute Gasteiger partial charge is 0.478 e. The summed E-state index contributed by atoms with van der Waals surface area (Å²) >= 11 is 0. The topological polar surface area (TPSA) is 215 Å². The third-order valence-electron chi connectivity index (χ3n) is 6.15. The van der Waals surface area contributed by atoms with Crippen molar-refractivity contribution in [1.82, 2.24) is 4.90 Å². The monoisotopic (exact) mass is 684 g/mol. The van der Waals surface area contributed by atoms with Crippen LogP contribution >= 0.6 is 0 Å². The van der Waals surface area contributed by atoms with Crippen LogP contribution in [0, 0.1) is 0 Å². The molecule has 0 atom stereocenters.